The van der Waals surface area contributed by atoms with Gasteiger partial charge in [0.05, 0.1) is 12.2 Å². The quantitative estimate of drug-likeness (QED) is 0.746. The minimum absolute atomic E-state index is 0.0593. The Labute approximate surface area is 86.9 Å². The SMILES string of the molecule is CCCC1NC(C)N(C(C)CC)C1=O. The molecule has 0 spiro atoms. The number of carbonyl (C=O) groups excluding carboxylic acids is 1. The van der Waals surface area contributed by atoms with Crippen molar-refractivity contribution in [3.05, 3.63) is 0 Å². The summed E-state index contributed by atoms with van der Waals surface area (Å²) >= 11 is 0. The van der Waals surface area contributed by atoms with Crippen molar-refractivity contribution in [1.29, 1.82) is 0 Å². The molecule has 0 aliphatic carbocycles. The maximum absolute atomic E-state index is 12.0. The number of hydrogen-bond acceptors (Lipinski definition) is 2. The zero-order valence-electron chi connectivity index (χ0n) is 9.71. The van der Waals surface area contributed by atoms with Crippen LogP contribution in [0.3, 0.4) is 0 Å². The van der Waals surface area contributed by atoms with E-state index in [-0.39, 0.29) is 18.1 Å². The maximum atomic E-state index is 12.0. The first-order chi connectivity index (χ1) is 6.61. The monoisotopic (exact) mass is 198 g/mol. The number of carbonyl (C=O) groups is 1. The molecule has 0 radical (unpaired) electrons. The van der Waals surface area contributed by atoms with E-state index in [9.17, 15) is 4.79 Å². The lowest BCUT2D eigenvalue weighted by Gasteiger charge is -2.27. The third-order valence-corrected chi connectivity index (χ3v) is 3.06. The summed E-state index contributed by atoms with van der Waals surface area (Å²) in [5.74, 6) is 0.286. The first kappa shape index (κ1) is 11.5. The molecule has 1 fully saturated rings. The fraction of sp³-hybridized carbons (Fsp3) is 0.909. The van der Waals surface area contributed by atoms with E-state index in [1.165, 1.54) is 0 Å². The third kappa shape index (κ3) is 2.08. The molecule has 0 aromatic carbocycles. The molecule has 3 heteroatoms. The standard InChI is InChI=1S/C11H22N2O/c1-5-7-10-11(14)13(8(3)6-2)9(4)12-10/h8-10,12H,5-7H2,1-4H3. The number of hydrogen-bond donors (Lipinski definition) is 1. The molecule has 0 aromatic rings. The molecule has 1 saturated heterocycles. The van der Waals surface area contributed by atoms with Gasteiger partial charge in [-0.1, -0.05) is 20.3 Å². The van der Waals surface area contributed by atoms with Crippen molar-refractivity contribution in [2.75, 3.05) is 0 Å². The average Bonchev–Trinajstić information content (AvgIpc) is 2.42. The fourth-order valence-corrected chi connectivity index (χ4v) is 2.10. The van der Waals surface area contributed by atoms with Gasteiger partial charge >= 0.3 is 0 Å². The Kier molecular flexibility index (Phi) is 3.93. The predicted molar refractivity (Wildman–Crippen MR) is 57.9 cm³/mol. The van der Waals surface area contributed by atoms with Crippen LogP contribution in [0.5, 0.6) is 0 Å². The van der Waals surface area contributed by atoms with E-state index in [4.69, 9.17) is 0 Å². The van der Waals surface area contributed by atoms with Gasteiger partial charge in [0.2, 0.25) is 5.91 Å². The average molecular weight is 198 g/mol. The van der Waals surface area contributed by atoms with E-state index >= 15 is 0 Å². The molecular weight excluding hydrogens is 176 g/mol. The molecule has 0 saturated carbocycles. The highest BCUT2D eigenvalue weighted by Gasteiger charge is 2.37. The van der Waals surface area contributed by atoms with Gasteiger partial charge in [-0.3, -0.25) is 10.1 Å². The molecule has 82 valence electrons. The van der Waals surface area contributed by atoms with Gasteiger partial charge in [0.25, 0.3) is 0 Å². The van der Waals surface area contributed by atoms with Gasteiger partial charge in [0.1, 0.15) is 0 Å². The Morgan fingerprint density at radius 2 is 2.14 bits per heavy atom. The lowest BCUT2D eigenvalue weighted by atomic mass is 10.1. The van der Waals surface area contributed by atoms with Crippen molar-refractivity contribution in [1.82, 2.24) is 10.2 Å². The number of nitrogens with one attached hydrogen (secondary N) is 1. The Hall–Kier alpha value is -0.570. The van der Waals surface area contributed by atoms with E-state index in [2.05, 4.69) is 33.0 Å². The highest BCUT2D eigenvalue weighted by atomic mass is 16.2. The molecule has 1 aliphatic heterocycles. The molecule has 3 atom stereocenters. The largest absolute Gasteiger partial charge is 0.323 e. The summed E-state index contributed by atoms with van der Waals surface area (Å²) in [6.45, 7) is 8.42. The maximum Gasteiger partial charge on any atom is 0.241 e. The Morgan fingerprint density at radius 3 is 2.64 bits per heavy atom. The number of rotatable bonds is 4. The van der Waals surface area contributed by atoms with Crippen LogP contribution in [0.2, 0.25) is 0 Å². The second-order valence-corrected chi connectivity index (χ2v) is 4.19. The molecule has 3 nitrogen and oxygen atoms in total. The topological polar surface area (TPSA) is 32.3 Å². The lowest BCUT2D eigenvalue weighted by Crippen LogP contribution is -2.41. The van der Waals surface area contributed by atoms with Crippen LogP contribution in [0, 0.1) is 0 Å². The molecule has 1 aliphatic rings. The highest BCUT2D eigenvalue weighted by Crippen LogP contribution is 2.18. The lowest BCUT2D eigenvalue weighted by molar-refractivity contribution is -0.131. The first-order valence-electron chi connectivity index (χ1n) is 5.70. The predicted octanol–water partition coefficient (Wildman–Crippen LogP) is 1.73. The van der Waals surface area contributed by atoms with Crippen LogP contribution in [-0.4, -0.2) is 29.1 Å². The number of nitrogens with zero attached hydrogens (tertiary/aromatic N) is 1. The van der Waals surface area contributed by atoms with Crippen LogP contribution in [0.4, 0.5) is 0 Å². The Bertz CT molecular complexity index is 205. The van der Waals surface area contributed by atoms with Gasteiger partial charge in [-0.05, 0) is 26.7 Å². The van der Waals surface area contributed by atoms with Crippen LogP contribution in [0.1, 0.15) is 47.0 Å². The summed E-state index contributed by atoms with van der Waals surface area (Å²) in [6.07, 6.45) is 3.24. The van der Waals surface area contributed by atoms with E-state index in [1.807, 2.05) is 4.90 Å². The van der Waals surface area contributed by atoms with Crippen LogP contribution in [0.15, 0.2) is 0 Å². The van der Waals surface area contributed by atoms with E-state index in [0.717, 1.165) is 19.3 Å². The molecule has 3 unspecified atom stereocenters. The highest BCUT2D eigenvalue weighted by molar-refractivity contribution is 5.84. The minimum Gasteiger partial charge on any atom is -0.323 e. The molecule has 0 aromatic heterocycles. The van der Waals surface area contributed by atoms with Crippen molar-refractivity contribution in [3.8, 4) is 0 Å². The summed E-state index contributed by atoms with van der Waals surface area (Å²) in [5.41, 5.74) is 0. The summed E-state index contributed by atoms with van der Waals surface area (Å²) < 4.78 is 0. The van der Waals surface area contributed by atoms with Gasteiger partial charge in [0.15, 0.2) is 0 Å². The van der Waals surface area contributed by atoms with Crippen LogP contribution >= 0.6 is 0 Å². The van der Waals surface area contributed by atoms with Crippen molar-refractivity contribution in [3.63, 3.8) is 0 Å². The molecule has 1 N–H and O–H groups in total. The molecule has 1 rings (SSSR count). The summed E-state index contributed by atoms with van der Waals surface area (Å²) in [4.78, 5) is 14.0. The van der Waals surface area contributed by atoms with Gasteiger partial charge < -0.3 is 4.90 Å². The second kappa shape index (κ2) is 4.78. The zero-order chi connectivity index (χ0) is 10.7. The summed E-state index contributed by atoms with van der Waals surface area (Å²) in [6, 6.07) is 0.413. The van der Waals surface area contributed by atoms with Crippen molar-refractivity contribution >= 4 is 5.91 Å². The molecule has 0 bridgehead atoms. The molecular formula is C11H22N2O. The fourth-order valence-electron chi connectivity index (χ4n) is 2.10. The Balaban J connectivity index is 2.65. The van der Waals surface area contributed by atoms with Crippen molar-refractivity contribution < 1.29 is 4.79 Å². The molecule has 1 amide bonds. The van der Waals surface area contributed by atoms with Crippen molar-refractivity contribution in [2.24, 2.45) is 0 Å². The normalized spacial score (nSPS) is 29.7. The zero-order valence-corrected chi connectivity index (χ0v) is 9.71. The summed E-state index contributed by atoms with van der Waals surface area (Å²) in [5, 5.41) is 3.35. The van der Waals surface area contributed by atoms with Crippen molar-refractivity contribution in [2.45, 2.75) is 65.2 Å². The van der Waals surface area contributed by atoms with Gasteiger partial charge in [-0.15, -0.1) is 0 Å². The van der Waals surface area contributed by atoms with Gasteiger partial charge in [-0.25, -0.2) is 0 Å². The minimum atomic E-state index is 0.0593. The van der Waals surface area contributed by atoms with Gasteiger partial charge in [0, 0.05) is 6.04 Å². The van der Waals surface area contributed by atoms with Gasteiger partial charge in [-0.2, -0.15) is 0 Å². The van der Waals surface area contributed by atoms with E-state index in [1.54, 1.807) is 0 Å². The molecule has 14 heavy (non-hydrogen) atoms. The van der Waals surface area contributed by atoms with Crippen LogP contribution in [-0.2, 0) is 4.79 Å². The Morgan fingerprint density at radius 1 is 1.50 bits per heavy atom. The van der Waals surface area contributed by atoms with E-state index < -0.39 is 0 Å². The van der Waals surface area contributed by atoms with E-state index in [0.29, 0.717) is 6.04 Å². The number of amides is 1. The summed E-state index contributed by atoms with van der Waals surface area (Å²) in [7, 11) is 0. The first-order valence-corrected chi connectivity index (χ1v) is 5.70. The van der Waals surface area contributed by atoms with Crippen LogP contribution < -0.4 is 5.32 Å². The second-order valence-electron chi connectivity index (χ2n) is 4.19. The third-order valence-electron chi connectivity index (χ3n) is 3.06. The smallest absolute Gasteiger partial charge is 0.241 e. The van der Waals surface area contributed by atoms with Crippen LogP contribution in [0.25, 0.3) is 0 Å². The molecule has 1 heterocycles.